The van der Waals surface area contributed by atoms with Gasteiger partial charge in [0.15, 0.2) is 0 Å². The van der Waals surface area contributed by atoms with Crippen molar-refractivity contribution in [1.82, 2.24) is 15.1 Å². The summed E-state index contributed by atoms with van der Waals surface area (Å²) in [5.74, 6) is 0.264. The van der Waals surface area contributed by atoms with E-state index in [1.54, 1.807) is 4.90 Å². The lowest BCUT2D eigenvalue weighted by atomic mass is 9.96. The Balaban J connectivity index is 1.94. The van der Waals surface area contributed by atoms with Gasteiger partial charge in [-0.15, -0.1) is 0 Å². The number of aliphatic hydroxyl groups is 1. The third kappa shape index (κ3) is 4.71. The summed E-state index contributed by atoms with van der Waals surface area (Å²) in [7, 11) is 4.05. The summed E-state index contributed by atoms with van der Waals surface area (Å²) in [5.41, 5.74) is 2.52. The highest BCUT2D eigenvalue weighted by Gasteiger charge is 2.27. The summed E-state index contributed by atoms with van der Waals surface area (Å²) in [6.07, 6.45) is 1.46. The average Bonchev–Trinajstić information content (AvgIpc) is 2.57. The fourth-order valence-electron chi connectivity index (χ4n) is 3.10. The number of aryl methyl sites for hydroxylation is 1. The van der Waals surface area contributed by atoms with E-state index in [2.05, 4.69) is 41.4 Å². The van der Waals surface area contributed by atoms with Gasteiger partial charge in [-0.05, 0) is 44.0 Å². The molecule has 5 nitrogen and oxygen atoms in total. The van der Waals surface area contributed by atoms with Crippen LogP contribution < -0.4 is 5.32 Å². The van der Waals surface area contributed by atoms with E-state index in [0.717, 1.165) is 12.8 Å². The molecule has 0 spiro atoms. The first kappa shape index (κ1) is 18.7. The third-order valence-corrected chi connectivity index (χ3v) is 5.05. The summed E-state index contributed by atoms with van der Waals surface area (Å²) in [6, 6.07) is 8.63. The number of rotatable bonds is 5. The average molecular weight is 333 g/mol. The number of likely N-dealkylation sites (tertiary alicyclic amines) is 1. The van der Waals surface area contributed by atoms with Gasteiger partial charge in [0.05, 0.1) is 12.1 Å². The Morgan fingerprint density at radius 1 is 1.38 bits per heavy atom. The summed E-state index contributed by atoms with van der Waals surface area (Å²) in [5, 5.41) is 13.0. The summed E-state index contributed by atoms with van der Waals surface area (Å²) < 4.78 is 0. The van der Waals surface area contributed by atoms with Crippen molar-refractivity contribution in [1.29, 1.82) is 0 Å². The molecule has 0 bridgehead atoms. The van der Waals surface area contributed by atoms with Crippen LogP contribution >= 0.6 is 0 Å². The van der Waals surface area contributed by atoms with Gasteiger partial charge in [-0.25, -0.2) is 4.79 Å². The lowest BCUT2D eigenvalue weighted by molar-refractivity contribution is 0.0433. The second kappa shape index (κ2) is 8.49. The van der Waals surface area contributed by atoms with Crippen molar-refractivity contribution in [2.24, 2.45) is 5.92 Å². The standard InChI is InChI=1S/C19H31N3O2/c1-5-15-6-8-16(9-7-15)17(21(3)4)12-20-19(24)22-11-10-14(2)18(23)13-22/h6-9,14,17-18,23H,5,10-13H2,1-4H3,(H,20,24). The van der Waals surface area contributed by atoms with Gasteiger partial charge in [-0.2, -0.15) is 0 Å². The molecule has 134 valence electrons. The number of hydrogen-bond donors (Lipinski definition) is 2. The topological polar surface area (TPSA) is 55.8 Å². The molecule has 1 heterocycles. The lowest BCUT2D eigenvalue weighted by Crippen LogP contribution is -2.50. The second-order valence-corrected chi connectivity index (χ2v) is 7.04. The molecule has 0 radical (unpaired) electrons. The maximum Gasteiger partial charge on any atom is 0.317 e. The van der Waals surface area contributed by atoms with Crippen LogP contribution in [-0.4, -0.2) is 60.8 Å². The van der Waals surface area contributed by atoms with Gasteiger partial charge in [0.2, 0.25) is 0 Å². The Hall–Kier alpha value is -1.59. The Labute approximate surface area is 145 Å². The van der Waals surface area contributed by atoms with Gasteiger partial charge in [0.25, 0.3) is 0 Å². The molecule has 0 saturated carbocycles. The number of benzene rings is 1. The van der Waals surface area contributed by atoms with Crippen molar-refractivity contribution in [2.75, 3.05) is 33.7 Å². The van der Waals surface area contributed by atoms with Crippen molar-refractivity contribution in [3.05, 3.63) is 35.4 Å². The van der Waals surface area contributed by atoms with E-state index in [1.807, 2.05) is 21.0 Å². The molecule has 1 aromatic carbocycles. The van der Waals surface area contributed by atoms with Crippen molar-refractivity contribution in [3.63, 3.8) is 0 Å². The molecule has 0 aromatic heterocycles. The Kier molecular flexibility index (Phi) is 6.63. The van der Waals surface area contributed by atoms with Crippen LogP contribution in [0.25, 0.3) is 0 Å². The first-order valence-electron chi connectivity index (χ1n) is 8.88. The zero-order valence-electron chi connectivity index (χ0n) is 15.3. The largest absolute Gasteiger partial charge is 0.391 e. The number of piperidine rings is 1. The smallest absolute Gasteiger partial charge is 0.317 e. The van der Waals surface area contributed by atoms with Crippen LogP contribution in [0.4, 0.5) is 4.79 Å². The van der Waals surface area contributed by atoms with Crippen LogP contribution in [0.3, 0.4) is 0 Å². The van der Waals surface area contributed by atoms with Crippen LogP contribution in [0.2, 0.25) is 0 Å². The molecule has 1 saturated heterocycles. The SMILES string of the molecule is CCc1ccc(C(CNC(=O)N2CCC(C)C(O)C2)N(C)C)cc1. The van der Waals surface area contributed by atoms with Gasteiger partial charge in [-0.1, -0.05) is 38.1 Å². The highest BCUT2D eigenvalue weighted by molar-refractivity contribution is 5.74. The molecule has 1 aromatic rings. The number of likely N-dealkylation sites (N-methyl/N-ethyl adjacent to an activating group) is 1. The minimum absolute atomic E-state index is 0.0852. The van der Waals surface area contributed by atoms with Crippen LogP contribution in [0.5, 0.6) is 0 Å². The van der Waals surface area contributed by atoms with E-state index in [4.69, 9.17) is 0 Å². The van der Waals surface area contributed by atoms with Gasteiger partial charge in [0, 0.05) is 19.6 Å². The molecule has 1 fully saturated rings. The molecule has 0 aliphatic carbocycles. The Morgan fingerprint density at radius 3 is 2.58 bits per heavy atom. The van der Waals surface area contributed by atoms with Crippen LogP contribution in [0, 0.1) is 5.92 Å². The van der Waals surface area contributed by atoms with Crippen LogP contribution in [0.15, 0.2) is 24.3 Å². The quantitative estimate of drug-likeness (QED) is 0.869. The van der Waals surface area contributed by atoms with E-state index in [9.17, 15) is 9.90 Å². The van der Waals surface area contributed by atoms with Gasteiger partial charge in [0.1, 0.15) is 0 Å². The van der Waals surface area contributed by atoms with Gasteiger partial charge in [-0.3, -0.25) is 0 Å². The molecule has 5 heteroatoms. The number of amides is 2. The molecule has 3 unspecified atom stereocenters. The summed E-state index contributed by atoms with van der Waals surface area (Å²) in [6.45, 7) is 5.86. The van der Waals surface area contributed by atoms with Crippen LogP contribution in [0.1, 0.15) is 37.4 Å². The first-order chi connectivity index (χ1) is 11.4. The van der Waals surface area contributed by atoms with Crippen molar-refractivity contribution >= 4 is 6.03 Å². The fourth-order valence-corrected chi connectivity index (χ4v) is 3.10. The zero-order chi connectivity index (χ0) is 17.7. The van der Waals surface area contributed by atoms with Crippen LogP contribution in [-0.2, 0) is 6.42 Å². The van der Waals surface area contributed by atoms with Crippen molar-refractivity contribution in [3.8, 4) is 0 Å². The highest BCUT2D eigenvalue weighted by Crippen LogP contribution is 2.20. The summed E-state index contributed by atoms with van der Waals surface area (Å²) >= 11 is 0. The third-order valence-electron chi connectivity index (χ3n) is 5.05. The Bertz CT molecular complexity index is 530. The number of nitrogens with zero attached hydrogens (tertiary/aromatic N) is 2. The van der Waals surface area contributed by atoms with Crippen molar-refractivity contribution in [2.45, 2.75) is 38.8 Å². The molecular weight excluding hydrogens is 302 g/mol. The minimum atomic E-state index is -0.421. The number of hydrogen-bond acceptors (Lipinski definition) is 3. The maximum atomic E-state index is 12.4. The number of carbonyl (C=O) groups excluding carboxylic acids is 1. The predicted octanol–water partition coefficient (Wildman–Crippen LogP) is 2.26. The molecule has 1 aliphatic heterocycles. The van der Waals surface area contributed by atoms with E-state index in [0.29, 0.717) is 19.6 Å². The van der Waals surface area contributed by atoms with E-state index < -0.39 is 6.10 Å². The zero-order valence-corrected chi connectivity index (χ0v) is 15.3. The summed E-state index contributed by atoms with van der Waals surface area (Å²) in [4.78, 5) is 16.2. The van der Waals surface area contributed by atoms with E-state index in [-0.39, 0.29) is 18.0 Å². The van der Waals surface area contributed by atoms with Gasteiger partial charge >= 0.3 is 6.03 Å². The normalized spacial score (nSPS) is 22.5. The fraction of sp³-hybridized carbons (Fsp3) is 0.632. The second-order valence-electron chi connectivity index (χ2n) is 7.04. The minimum Gasteiger partial charge on any atom is -0.391 e. The monoisotopic (exact) mass is 333 g/mol. The molecule has 1 aliphatic rings. The number of nitrogens with one attached hydrogen (secondary N) is 1. The number of urea groups is 1. The van der Waals surface area contributed by atoms with E-state index in [1.165, 1.54) is 11.1 Å². The predicted molar refractivity (Wildman–Crippen MR) is 97.0 cm³/mol. The lowest BCUT2D eigenvalue weighted by Gasteiger charge is -2.35. The molecule has 24 heavy (non-hydrogen) atoms. The molecule has 2 N–H and O–H groups in total. The number of β-amino-alcohol motifs (C(OH)–C–C–N with tert-alkyl or cyclic N) is 1. The number of carbonyl (C=O) groups is 1. The highest BCUT2D eigenvalue weighted by atomic mass is 16.3. The molecule has 2 rings (SSSR count). The Morgan fingerprint density at radius 2 is 2.04 bits per heavy atom. The molecule has 2 amide bonds. The van der Waals surface area contributed by atoms with E-state index >= 15 is 0 Å². The molecule has 3 atom stereocenters. The molecular formula is C19H31N3O2. The first-order valence-corrected chi connectivity index (χ1v) is 8.88. The van der Waals surface area contributed by atoms with Gasteiger partial charge < -0.3 is 20.2 Å². The number of aliphatic hydroxyl groups excluding tert-OH is 1. The maximum absolute atomic E-state index is 12.4. The van der Waals surface area contributed by atoms with Crippen molar-refractivity contribution < 1.29 is 9.90 Å².